The predicted octanol–water partition coefficient (Wildman–Crippen LogP) is 7.01. The largest absolute Gasteiger partial charge is 0.494 e. The fraction of sp³-hybridized carbons (Fsp3) is 0.357. The third kappa shape index (κ3) is 6.76. The molecule has 3 rings (SSSR count). The number of aliphatic hydroxyl groups excluding tert-OH is 1. The monoisotopic (exact) mass is 579 g/mol. The Morgan fingerprint density at radius 2 is 1.76 bits per heavy atom. The maximum atomic E-state index is 14.8. The minimum atomic E-state index is -4.31. The highest BCUT2D eigenvalue weighted by Gasteiger charge is 2.36. The first-order valence-corrected chi connectivity index (χ1v) is 17.0. The van der Waals surface area contributed by atoms with E-state index in [1.807, 2.05) is 24.3 Å². The van der Waals surface area contributed by atoms with Gasteiger partial charge in [0, 0.05) is 6.61 Å². The third-order valence-electron chi connectivity index (χ3n) is 6.93. The molecule has 6 nitrogen and oxygen atoms in total. The van der Waals surface area contributed by atoms with Crippen LogP contribution in [0.15, 0.2) is 59.5 Å². The van der Waals surface area contributed by atoms with Crippen molar-refractivity contribution in [2.24, 2.45) is 0 Å². The Morgan fingerprint density at radius 1 is 1.08 bits per heavy atom. The van der Waals surface area contributed by atoms with Gasteiger partial charge in [-0.15, -0.1) is 0 Å². The molecule has 0 radical (unpaired) electrons. The molecule has 0 aliphatic heterocycles. The van der Waals surface area contributed by atoms with Crippen LogP contribution < -0.4 is 9.46 Å². The van der Waals surface area contributed by atoms with Crippen LogP contribution in [0.2, 0.25) is 23.2 Å². The van der Waals surface area contributed by atoms with E-state index in [1.165, 1.54) is 31.4 Å². The first-order valence-electron chi connectivity index (χ1n) is 12.2. The number of ether oxygens (including phenoxy) is 1. The minimum absolute atomic E-state index is 0.0162. The van der Waals surface area contributed by atoms with Crippen LogP contribution in [0.5, 0.6) is 5.75 Å². The van der Waals surface area contributed by atoms with Crippen molar-refractivity contribution in [3.63, 3.8) is 0 Å². The molecule has 0 saturated heterocycles. The molecule has 0 atom stereocenters. The number of sulfonamides is 1. The maximum absolute atomic E-state index is 14.8. The summed E-state index contributed by atoms with van der Waals surface area (Å²) in [6.07, 6.45) is 0.658. The highest BCUT2D eigenvalue weighted by Crippen LogP contribution is 2.38. The van der Waals surface area contributed by atoms with Crippen molar-refractivity contribution < 1.29 is 27.1 Å². The second kappa shape index (κ2) is 11.8. The molecule has 0 spiro atoms. The summed E-state index contributed by atoms with van der Waals surface area (Å²) in [6.45, 7) is 11.1. The van der Waals surface area contributed by atoms with Gasteiger partial charge in [0.25, 0.3) is 10.0 Å². The van der Waals surface area contributed by atoms with Gasteiger partial charge in [-0.25, -0.2) is 12.8 Å². The van der Waals surface area contributed by atoms with Gasteiger partial charge < -0.3 is 14.3 Å². The van der Waals surface area contributed by atoms with E-state index >= 15 is 0 Å². The molecule has 0 fully saturated rings. The number of rotatable bonds is 10. The zero-order valence-electron chi connectivity index (χ0n) is 22.6. The van der Waals surface area contributed by atoms with Gasteiger partial charge in [-0.3, -0.25) is 4.72 Å². The van der Waals surface area contributed by atoms with Gasteiger partial charge >= 0.3 is 0 Å². The Balaban J connectivity index is 1.93. The van der Waals surface area contributed by atoms with Crippen LogP contribution in [0.25, 0.3) is 11.1 Å². The molecule has 3 aromatic rings. The topological polar surface area (TPSA) is 84.9 Å². The van der Waals surface area contributed by atoms with Gasteiger partial charge in [-0.1, -0.05) is 62.7 Å². The van der Waals surface area contributed by atoms with Crippen molar-refractivity contribution in [1.29, 1.82) is 0 Å². The number of methoxy groups -OCH3 is 1. The summed E-state index contributed by atoms with van der Waals surface area (Å²) in [4.78, 5) is -0.301. The fourth-order valence-corrected chi connectivity index (χ4v) is 6.45. The first-order chi connectivity index (χ1) is 17.7. The van der Waals surface area contributed by atoms with Crippen LogP contribution in [-0.4, -0.2) is 35.6 Å². The Hall–Kier alpha value is -2.43. The highest BCUT2D eigenvalue weighted by molar-refractivity contribution is 7.92. The van der Waals surface area contributed by atoms with Crippen LogP contribution in [0, 0.1) is 5.82 Å². The van der Waals surface area contributed by atoms with E-state index in [1.54, 1.807) is 6.07 Å². The summed E-state index contributed by atoms with van der Waals surface area (Å²) in [6, 6.07) is 14.7. The number of benzene rings is 3. The standard InChI is InChI=1S/C28H35ClFNO5SSi/c1-28(2,3)38(5,6)36-14-13-20-9-7-8-10-22(20)21-11-12-24(30)25(17-21)31-37(33,34)26-16-19(18-32)15-23(29)27(26)35-4/h7-12,15-17,31-32H,13-14,18H2,1-6H3. The number of nitrogens with one attached hydrogen (secondary N) is 1. The van der Waals surface area contributed by atoms with Gasteiger partial charge in [-0.2, -0.15) is 0 Å². The van der Waals surface area contributed by atoms with Crippen molar-refractivity contribution in [2.45, 2.75) is 56.8 Å². The molecule has 206 valence electrons. The predicted molar refractivity (Wildman–Crippen MR) is 153 cm³/mol. The van der Waals surface area contributed by atoms with Gasteiger partial charge in [0.05, 0.1) is 24.4 Å². The van der Waals surface area contributed by atoms with Gasteiger partial charge in [0.15, 0.2) is 14.1 Å². The summed E-state index contributed by atoms with van der Waals surface area (Å²) in [5, 5.41) is 9.61. The van der Waals surface area contributed by atoms with Crippen LogP contribution in [0.1, 0.15) is 31.9 Å². The molecule has 10 heteroatoms. The number of hydrogen-bond acceptors (Lipinski definition) is 5. The SMILES string of the molecule is COc1c(Cl)cc(CO)cc1S(=O)(=O)Nc1cc(-c2ccccc2CCO[Si](C)(C)C(C)(C)C)ccc1F. The number of anilines is 1. The molecule has 0 saturated carbocycles. The van der Waals surface area contributed by atoms with E-state index in [9.17, 15) is 17.9 Å². The maximum Gasteiger partial charge on any atom is 0.265 e. The summed E-state index contributed by atoms with van der Waals surface area (Å²) in [5.41, 5.74) is 2.58. The second-order valence-electron chi connectivity index (χ2n) is 10.6. The molecule has 2 N–H and O–H groups in total. The van der Waals surface area contributed by atoms with E-state index < -0.39 is 30.8 Å². The van der Waals surface area contributed by atoms with Crippen LogP contribution in [-0.2, 0) is 27.5 Å². The van der Waals surface area contributed by atoms with E-state index in [0.717, 1.165) is 11.1 Å². The van der Waals surface area contributed by atoms with Crippen molar-refractivity contribution in [3.05, 3.63) is 76.6 Å². The number of halogens is 2. The summed E-state index contributed by atoms with van der Waals surface area (Å²) in [5.74, 6) is -0.834. The van der Waals surface area contributed by atoms with Crippen molar-refractivity contribution in [1.82, 2.24) is 0 Å². The van der Waals surface area contributed by atoms with Crippen molar-refractivity contribution >= 4 is 35.6 Å². The lowest BCUT2D eigenvalue weighted by atomic mass is 9.97. The Labute approximate surface area is 231 Å². The number of aliphatic hydroxyl groups is 1. The van der Waals surface area contributed by atoms with Gasteiger partial charge in [-0.05, 0) is 71.1 Å². The normalized spacial score (nSPS) is 12.4. The summed E-state index contributed by atoms with van der Waals surface area (Å²) < 4.78 is 55.2. The van der Waals surface area contributed by atoms with Crippen LogP contribution in [0.4, 0.5) is 10.1 Å². The lowest BCUT2D eigenvalue weighted by molar-refractivity contribution is 0.281. The Bertz CT molecular complexity index is 1410. The zero-order valence-corrected chi connectivity index (χ0v) is 25.1. The minimum Gasteiger partial charge on any atom is -0.494 e. The second-order valence-corrected chi connectivity index (χ2v) is 17.5. The van der Waals surface area contributed by atoms with E-state index in [0.29, 0.717) is 18.6 Å². The molecule has 0 aliphatic rings. The Morgan fingerprint density at radius 3 is 2.39 bits per heavy atom. The smallest absolute Gasteiger partial charge is 0.265 e. The van der Waals surface area contributed by atoms with Crippen LogP contribution >= 0.6 is 11.6 Å². The van der Waals surface area contributed by atoms with E-state index in [-0.39, 0.29) is 32.0 Å². The number of hydrogen-bond donors (Lipinski definition) is 2. The van der Waals surface area contributed by atoms with Crippen molar-refractivity contribution in [3.8, 4) is 16.9 Å². The molecule has 0 amide bonds. The fourth-order valence-electron chi connectivity index (χ4n) is 3.73. The molecule has 0 aromatic heterocycles. The lowest BCUT2D eigenvalue weighted by Gasteiger charge is -2.36. The molecule has 38 heavy (non-hydrogen) atoms. The van der Waals surface area contributed by atoms with E-state index in [2.05, 4.69) is 38.6 Å². The average Bonchev–Trinajstić information content (AvgIpc) is 2.84. The zero-order chi connectivity index (χ0) is 28.3. The molecule has 0 aliphatic carbocycles. The Kier molecular flexibility index (Phi) is 9.31. The molecule has 0 heterocycles. The molecule has 0 bridgehead atoms. The average molecular weight is 580 g/mol. The highest BCUT2D eigenvalue weighted by atomic mass is 35.5. The van der Waals surface area contributed by atoms with Crippen LogP contribution in [0.3, 0.4) is 0 Å². The summed E-state index contributed by atoms with van der Waals surface area (Å²) >= 11 is 6.16. The molecular weight excluding hydrogens is 545 g/mol. The third-order valence-corrected chi connectivity index (χ3v) is 13.1. The van der Waals surface area contributed by atoms with E-state index in [4.69, 9.17) is 20.8 Å². The first kappa shape index (κ1) is 30.1. The van der Waals surface area contributed by atoms with Gasteiger partial charge in [0.1, 0.15) is 10.7 Å². The molecule has 3 aromatic carbocycles. The summed E-state index contributed by atoms with van der Waals surface area (Å²) in [7, 11) is -4.94. The molecule has 0 unspecified atom stereocenters. The van der Waals surface area contributed by atoms with Crippen molar-refractivity contribution in [2.75, 3.05) is 18.4 Å². The molecular formula is C28H35ClFNO5SSi. The van der Waals surface area contributed by atoms with Gasteiger partial charge in [0.2, 0.25) is 0 Å². The lowest BCUT2D eigenvalue weighted by Crippen LogP contribution is -2.41. The quantitative estimate of drug-likeness (QED) is 0.252.